The molecule has 15 heteroatoms. The van der Waals surface area contributed by atoms with Gasteiger partial charge >= 0.3 is 0 Å². The SMILES string of the molecule is CNC(C)C(=O)NC(C(=O)NC(CCC(=O)NC1CC(C(=O)NC(C)C(C)C)N(C(=O)C(NC(=O)C(C)C)C(C)(C)C)C1)C(=O)NC1CCCc2ccccc21)C(C)(C)C. The number of rotatable bonds is 17. The van der Waals surface area contributed by atoms with E-state index in [2.05, 4.69) is 37.2 Å². The Labute approximate surface area is 357 Å². The van der Waals surface area contributed by atoms with Gasteiger partial charge in [0.1, 0.15) is 24.2 Å². The quantitative estimate of drug-likeness (QED) is 0.124. The zero-order valence-electron chi connectivity index (χ0n) is 38.3. The van der Waals surface area contributed by atoms with Crippen LogP contribution in [0.2, 0.25) is 0 Å². The maximum Gasteiger partial charge on any atom is 0.246 e. The van der Waals surface area contributed by atoms with E-state index in [1.165, 1.54) is 4.90 Å². The zero-order valence-corrected chi connectivity index (χ0v) is 38.3. The highest BCUT2D eigenvalue weighted by molar-refractivity contribution is 5.95. The molecular weight excluding hydrogens is 765 g/mol. The summed E-state index contributed by atoms with van der Waals surface area (Å²) in [5.41, 5.74) is 0.752. The number of aryl methyl sites for hydroxylation is 1. The molecule has 8 atom stereocenters. The summed E-state index contributed by atoms with van der Waals surface area (Å²) < 4.78 is 0. The first-order valence-corrected chi connectivity index (χ1v) is 21.7. The van der Waals surface area contributed by atoms with Crippen LogP contribution in [0, 0.1) is 22.7 Å². The van der Waals surface area contributed by atoms with Crippen molar-refractivity contribution < 1.29 is 33.6 Å². The van der Waals surface area contributed by atoms with Crippen LogP contribution in [0.4, 0.5) is 0 Å². The van der Waals surface area contributed by atoms with Crippen LogP contribution in [0.15, 0.2) is 24.3 Å². The van der Waals surface area contributed by atoms with Gasteiger partial charge in [0, 0.05) is 31.0 Å². The summed E-state index contributed by atoms with van der Waals surface area (Å²) in [6.45, 7) is 22.0. The minimum Gasteiger partial charge on any atom is -0.352 e. The first-order valence-electron chi connectivity index (χ1n) is 21.7. The molecule has 1 aliphatic carbocycles. The van der Waals surface area contributed by atoms with E-state index in [1.54, 1.807) is 27.8 Å². The fourth-order valence-electron chi connectivity index (χ4n) is 7.39. The van der Waals surface area contributed by atoms with Crippen molar-refractivity contribution in [2.45, 2.75) is 170 Å². The Morgan fingerprint density at radius 2 is 1.37 bits per heavy atom. The molecule has 2 aliphatic rings. The maximum absolute atomic E-state index is 14.3. The lowest BCUT2D eigenvalue weighted by Gasteiger charge is -2.36. The fourth-order valence-corrected chi connectivity index (χ4v) is 7.39. The molecule has 15 nitrogen and oxygen atoms in total. The topological polar surface area (TPSA) is 207 Å². The van der Waals surface area contributed by atoms with E-state index in [0.29, 0.717) is 6.42 Å². The number of carbonyl (C=O) groups is 7. The summed E-state index contributed by atoms with van der Waals surface area (Å²) in [5.74, 6) is -3.11. The first-order chi connectivity index (χ1) is 27.8. The summed E-state index contributed by atoms with van der Waals surface area (Å²) in [7, 11) is 1.64. The summed E-state index contributed by atoms with van der Waals surface area (Å²) in [5, 5.41) is 20.6. The molecule has 0 aromatic heterocycles. The predicted octanol–water partition coefficient (Wildman–Crippen LogP) is 3.02. The molecule has 1 fully saturated rings. The van der Waals surface area contributed by atoms with Crippen molar-refractivity contribution in [2.24, 2.45) is 22.7 Å². The third-order valence-corrected chi connectivity index (χ3v) is 11.8. The Balaban J connectivity index is 1.86. The van der Waals surface area contributed by atoms with Crippen molar-refractivity contribution in [2.75, 3.05) is 13.6 Å². The van der Waals surface area contributed by atoms with E-state index in [9.17, 15) is 33.6 Å². The number of carbonyl (C=O) groups excluding carboxylic acids is 7. The molecule has 8 unspecified atom stereocenters. The van der Waals surface area contributed by atoms with Gasteiger partial charge in [0.15, 0.2) is 0 Å². The number of nitrogens with zero attached hydrogens (tertiary/aromatic N) is 1. The smallest absolute Gasteiger partial charge is 0.246 e. The number of fused-ring (bicyclic) bond motifs is 1. The third-order valence-electron chi connectivity index (χ3n) is 11.8. The lowest BCUT2D eigenvalue weighted by atomic mass is 9.85. The standard InChI is InChI=1S/C45H74N8O7/c1-25(2)27(5)47-41(58)34-23-30(24-53(34)43(60)37(45(10,11)12)52-38(55)26(3)4)48-35(54)22-21-33(40(57)49-32-20-16-18-29-17-14-15-19-31(29)32)50-42(59)36(44(7,8)9)51-39(56)28(6)46-13/h14-15,17,19,25-28,30,32-34,36-37,46H,16,18,20-24H2,1-13H3,(H,47,58)(H,48,54)(H,49,57)(H,50,59)(H,51,56)(H,52,55). The van der Waals surface area contributed by atoms with Crippen LogP contribution in [-0.2, 0) is 40.0 Å². The fraction of sp³-hybridized carbons (Fsp3) is 0.711. The number of nitrogens with one attached hydrogen (secondary N) is 7. The van der Waals surface area contributed by atoms with Gasteiger partial charge in [-0.15, -0.1) is 0 Å². The van der Waals surface area contributed by atoms with E-state index in [4.69, 9.17) is 0 Å². The molecule has 1 heterocycles. The second kappa shape index (κ2) is 21.3. The molecule has 0 radical (unpaired) electrons. The highest BCUT2D eigenvalue weighted by Crippen LogP contribution is 2.30. The minimum absolute atomic E-state index is 0.0303. The Kier molecular flexibility index (Phi) is 17.7. The maximum atomic E-state index is 14.3. The van der Waals surface area contributed by atoms with Crippen LogP contribution in [-0.4, -0.2) is 102 Å². The van der Waals surface area contributed by atoms with E-state index in [1.807, 2.05) is 86.6 Å². The van der Waals surface area contributed by atoms with Gasteiger partial charge in [0.05, 0.1) is 12.1 Å². The van der Waals surface area contributed by atoms with E-state index >= 15 is 0 Å². The van der Waals surface area contributed by atoms with Crippen LogP contribution in [0.3, 0.4) is 0 Å². The van der Waals surface area contributed by atoms with Gasteiger partial charge in [0.25, 0.3) is 0 Å². The lowest BCUT2D eigenvalue weighted by molar-refractivity contribution is -0.144. The molecule has 60 heavy (non-hydrogen) atoms. The number of likely N-dealkylation sites (tertiary alicyclic amines) is 1. The van der Waals surface area contributed by atoms with Crippen LogP contribution in [0.25, 0.3) is 0 Å². The Morgan fingerprint density at radius 3 is 1.95 bits per heavy atom. The van der Waals surface area contributed by atoms with Crippen LogP contribution < -0.4 is 37.2 Å². The monoisotopic (exact) mass is 839 g/mol. The van der Waals surface area contributed by atoms with Crippen LogP contribution >= 0.6 is 0 Å². The number of amides is 7. The summed E-state index contributed by atoms with van der Waals surface area (Å²) in [6.07, 6.45) is 2.40. The van der Waals surface area contributed by atoms with Crippen molar-refractivity contribution in [1.82, 2.24) is 42.1 Å². The minimum atomic E-state index is -1.13. The first kappa shape index (κ1) is 49.8. The van der Waals surface area contributed by atoms with Gasteiger partial charge in [-0.1, -0.05) is 93.5 Å². The third kappa shape index (κ3) is 13.8. The molecule has 3 rings (SSSR count). The Bertz CT molecular complexity index is 1700. The van der Waals surface area contributed by atoms with Gasteiger partial charge in [-0.25, -0.2) is 0 Å². The molecular formula is C45H74N8O7. The van der Waals surface area contributed by atoms with Crippen LogP contribution in [0.1, 0.15) is 132 Å². The van der Waals surface area contributed by atoms with Crippen molar-refractivity contribution in [3.05, 3.63) is 35.4 Å². The summed E-state index contributed by atoms with van der Waals surface area (Å²) >= 11 is 0. The second-order valence-electron chi connectivity index (χ2n) is 19.6. The van der Waals surface area contributed by atoms with Gasteiger partial charge in [-0.2, -0.15) is 0 Å². The highest BCUT2D eigenvalue weighted by Gasteiger charge is 2.46. The molecule has 0 saturated carbocycles. The number of benzene rings is 1. The Morgan fingerprint density at radius 1 is 0.750 bits per heavy atom. The average Bonchev–Trinajstić information content (AvgIpc) is 3.59. The average molecular weight is 839 g/mol. The second-order valence-corrected chi connectivity index (χ2v) is 19.6. The number of likely N-dealkylation sites (N-methyl/N-ethyl adjacent to an activating group) is 1. The molecule has 1 aromatic rings. The molecule has 7 N–H and O–H groups in total. The Hall–Kier alpha value is -4.53. The van der Waals surface area contributed by atoms with Gasteiger partial charge in [0.2, 0.25) is 41.4 Å². The summed E-state index contributed by atoms with van der Waals surface area (Å²) in [6, 6.07) is 2.33. The van der Waals surface area contributed by atoms with Gasteiger partial charge in [-0.05, 0) is 80.9 Å². The zero-order chi connectivity index (χ0) is 45.3. The highest BCUT2D eigenvalue weighted by atomic mass is 16.2. The lowest BCUT2D eigenvalue weighted by Crippen LogP contribution is -2.59. The number of hydrogen-bond acceptors (Lipinski definition) is 8. The van der Waals surface area contributed by atoms with Gasteiger partial charge in [-0.3, -0.25) is 33.6 Å². The van der Waals surface area contributed by atoms with Crippen molar-refractivity contribution >= 4 is 41.4 Å². The van der Waals surface area contributed by atoms with E-state index in [-0.39, 0.29) is 67.4 Å². The van der Waals surface area contributed by atoms with Crippen molar-refractivity contribution in [3.8, 4) is 0 Å². The normalized spacial score (nSPS) is 20.5. The largest absolute Gasteiger partial charge is 0.352 e. The summed E-state index contributed by atoms with van der Waals surface area (Å²) in [4.78, 5) is 97.2. The van der Waals surface area contributed by atoms with Gasteiger partial charge < -0.3 is 42.1 Å². The number of hydrogen-bond donors (Lipinski definition) is 7. The molecule has 1 saturated heterocycles. The predicted molar refractivity (Wildman–Crippen MR) is 232 cm³/mol. The molecule has 1 aromatic carbocycles. The molecule has 336 valence electrons. The van der Waals surface area contributed by atoms with E-state index in [0.717, 1.165) is 24.0 Å². The molecule has 7 amide bonds. The van der Waals surface area contributed by atoms with Crippen LogP contribution in [0.5, 0.6) is 0 Å². The molecule has 1 aliphatic heterocycles. The van der Waals surface area contributed by atoms with Crippen molar-refractivity contribution in [1.29, 1.82) is 0 Å². The van der Waals surface area contributed by atoms with Crippen molar-refractivity contribution in [3.63, 3.8) is 0 Å². The molecule has 0 bridgehead atoms. The van der Waals surface area contributed by atoms with E-state index < -0.39 is 70.7 Å². The molecule has 0 spiro atoms.